The summed E-state index contributed by atoms with van der Waals surface area (Å²) in [7, 11) is 0. The van der Waals surface area contributed by atoms with Gasteiger partial charge in [-0.1, -0.05) is 13.0 Å². The number of nitrogens with zero attached hydrogens (tertiary/aromatic N) is 2. The number of aromatic nitrogens is 2. The normalized spacial score (nSPS) is 18.6. The van der Waals surface area contributed by atoms with Crippen LogP contribution in [0.25, 0.3) is 10.9 Å². The Hall–Kier alpha value is -1.88. The van der Waals surface area contributed by atoms with Gasteiger partial charge in [-0.25, -0.2) is 0 Å². The van der Waals surface area contributed by atoms with Gasteiger partial charge in [-0.2, -0.15) is 5.10 Å². The van der Waals surface area contributed by atoms with E-state index >= 15 is 0 Å². The van der Waals surface area contributed by atoms with Crippen LogP contribution in [-0.4, -0.2) is 46.7 Å². The second kappa shape index (κ2) is 5.63. The van der Waals surface area contributed by atoms with Crippen LogP contribution in [0.5, 0.6) is 0 Å². The summed E-state index contributed by atoms with van der Waals surface area (Å²) in [6.45, 7) is 4.82. The standard InChI is InChI=1S/C15H20N4O/c1-2-7-19(13-5-6-16-10-13)15(20)11-3-4-12-9-17-18-14(12)8-11/h3-4,8-9,13,16H,2,5-7,10H2,1H3,(H,17,18). The van der Waals surface area contributed by atoms with Crippen molar-refractivity contribution in [1.82, 2.24) is 20.4 Å². The zero-order valence-electron chi connectivity index (χ0n) is 11.7. The van der Waals surface area contributed by atoms with E-state index in [1.807, 2.05) is 23.1 Å². The first-order chi connectivity index (χ1) is 9.79. The lowest BCUT2D eigenvalue weighted by molar-refractivity contribution is 0.0692. The first-order valence-corrected chi connectivity index (χ1v) is 7.24. The third-order valence-corrected chi connectivity index (χ3v) is 3.89. The fourth-order valence-electron chi connectivity index (χ4n) is 2.83. The van der Waals surface area contributed by atoms with E-state index in [1.165, 1.54) is 0 Å². The highest BCUT2D eigenvalue weighted by atomic mass is 16.2. The van der Waals surface area contributed by atoms with Crippen molar-refractivity contribution < 1.29 is 4.79 Å². The first kappa shape index (κ1) is 13.1. The Balaban J connectivity index is 1.87. The van der Waals surface area contributed by atoms with E-state index in [0.29, 0.717) is 6.04 Å². The van der Waals surface area contributed by atoms with Gasteiger partial charge in [-0.15, -0.1) is 0 Å². The summed E-state index contributed by atoms with van der Waals surface area (Å²) in [5, 5.41) is 11.3. The summed E-state index contributed by atoms with van der Waals surface area (Å²) >= 11 is 0. The molecule has 0 spiro atoms. The van der Waals surface area contributed by atoms with Gasteiger partial charge in [-0.3, -0.25) is 9.89 Å². The summed E-state index contributed by atoms with van der Waals surface area (Å²) < 4.78 is 0. The van der Waals surface area contributed by atoms with Gasteiger partial charge < -0.3 is 10.2 Å². The topological polar surface area (TPSA) is 61.0 Å². The number of carbonyl (C=O) groups is 1. The number of fused-ring (bicyclic) bond motifs is 1. The maximum atomic E-state index is 12.8. The second-order valence-electron chi connectivity index (χ2n) is 5.32. The molecule has 5 heteroatoms. The average Bonchev–Trinajstić information content (AvgIpc) is 3.13. The number of benzene rings is 1. The molecular weight excluding hydrogens is 252 g/mol. The van der Waals surface area contributed by atoms with Crippen molar-refractivity contribution in [3.8, 4) is 0 Å². The molecule has 1 aromatic carbocycles. The highest BCUT2D eigenvalue weighted by Crippen LogP contribution is 2.18. The summed E-state index contributed by atoms with van der Waals surface area (Å²) in [5.41, 5.74) is 1.65. The van der Waals surface area contributed by atoms with Gasteiger partial charge in [0.05, 0.1) is 11.7 Å². The van der Waals surface area contributed by atoms with Crippen LogP contribution in [0.1, 0.15) is 30.1 Å². The maximum absolute atomic E-state index is 12.8. The van der Waals surface area contributed by atoms with Crippen molar-refractivity contribution in [2.45, 2.75) is 25.8 Å². The van der Waals surface area contributed by atoms with Crippen molar-refractivity contribution in [2.24, 2.45) is 0 Å². The molecule has 1 saturated heterocycles. The first-order valence-electron chi connectivity index (χ1n) is 7.24. The van der Waals surface area contributed by atoms with E-state index in [0.717, 1.165) is 48.9 Å². The molecule has 1 aliphatic heterocycles. The molecule has 2 aromatic rings. The van der Waals surface area contributed by atoms with Crippen LogP contribution >= 0.6 is 0 Å². The molecular formula is C15H20N4O. The van der Waals surface area contributed by atoms with E-state index in [9.17, 15) is 4.79 Å². The van der Waals surface area contributed by atoms with Crippen molar-refractivity contribution >= 4 is 16.8 Å². The number of hydrogen-bond acceptors (Lipinski definition) is 3. The molecule has 1 unspecified atom stereocenters. The predicted molar refractivity (Wildman–Crippen MR) is 78.7 cm³/mol. The summed E-state index contributed by atoms with van der Waals surface area (Å²) in [5.74, 6) is 0.122. The van der Waals surface area contributed by atoms with Crippen LogP contribution in [0, 0.1) is 0 Å². The van der Waals surface area contributed by atoms with Crippen LogP contribution in [0.3, 0.4) is 0 Å². The number of hydrogen-bond donors (Lipinski definition) is 2. The van der Waals surface area contributed by atoms with E-state index in [2.05, 4.69) is 22.4 Å². The van der Waals surface area contributed by atoms with Crippen molar-refractivity contribution in [3.05, 3.63) is 30.0 Å². The summed E-state index contributed by atoms with van der Waals surface area (Å²) in [6.07, 6.45) is 3.79. The van der Waals surface area contributed by atoms with E-state index in [4.69, 9.17) is 0 Å². The Morgan fingerprint density at radius 2 is 2.40 bits per heavy atom. The van der Waals surface area contributed by atoms with Gasteiger partial charge in [0.25, 0.3) is 5.91 Å². The fraction of sp³-hybridized carbons (Fsp3) is 0.467. The van der Waals surface area contributed by atoms with Gasteiger partial charge in [0.15, 0.2) is 0 Å². The third kappa shape index (κ3) is 2.41. The van der Waals surface area contributed by atoms with Gasteiger partial charge in [0.2, 0.25) is 0 Å². The molecule has 1 amide bonds. The molecule has 1 aromatic heterocycles. The number of rotatable bonds is 4. The Bertz CT molecular complexity index is 601. The number of amides is 1. The third-order valence-electron chi connectivity index (χ3n) is 3.89. The predicted octanol–water partition coefficient (Wildman–Crippen LogP) is 1.78. The van der Waals surface area contributed by atoms with Crippen LogP contribution < -0.4 is 5.32 Å². The highest BCUT2D eigenvalue weighted by Gasteiger charge is 2.26. The maximum Gasteiger partial charge on any atom is 0.254 e. The minimum atomic E-state index is 0.122. The molecule has 0 aliphatic carbocycles. The molecule has 1 fully saturated rings. The van der Waals surface area contributed by atoms with Crippen LogP contribution in [0.2, 0.25) is 0 Å². The quantitative estimate of drug-likeness (QED) is 0.892. The molecule has 5 nitrogen and oxygen atoms in total. The Morgan fingerprint density at radius 1 is 1.50 bits per heavy atom. The molecule has 2 N–H and O–H groups in total. The Morgan fingerprint density at radius 3 is 3.15 bits per heavy atom. The SMILES string of the molecule is CCCN(C(=O)c1ccc2cn[nH]c2c1)C1CCNC1. The van der Waals surface area contributed by atoms with Crippen LogP contribution in [0.4, 0.5) is 0 Å². The summed E-state index contributed by atoms with van der Waals surface area (Å²) in [6, 6.07) is 6.06. The van der Waals surface area contributed by atoms with E-state index < -0.39 is 0 Å². The van der Waals surface area contributed by atoms with Crippen LogP contribution in [-0.2, 0) is 0 Å². The van der Waals surface area contributed by atoms with Crippen LogP contribution in [0.15, 0.2) is 24.4 Å². The number of carbonyl (C=O) groups excluding carboxylic acids is 1. The number of nitrogens with one attached hydrogen (secondary N) is 2. The molecule has 0 radical (unpaired) electrons. The van der Waals surface area contributed by atoms with E-state index in [1.54, 1.807) is 6.20 Å². The van der Waals surface area contributed by atoms with Gasteiger partial charge in [-0.05, 0) is 31.5 Å². The lowest BCUT2D eigenvalue weighted by atomic mass is 10.1. The Labute approximate surface area is 118 Å². The molecule has 0 saturated carbocycles. The monoisotopic (exact) mass is 272 g/mol. The average molecular weight is 272 g/mol. The minimum Gasteiger partial charge on any atom is -0.334 e. The zero-order chi connectivity index (χ0) is 13.9. The zero-order valence-corrected chi connectivity index (χ0v) is 11.7. The van der Waals surface area contributed by atoms with Gasteiger partial charge >= 0.3 is 0 Å². The van der Waals surface area contributed by atoms with E-state index in [-0.39, 0.29) is 5.91 Å². The van der Waals surface area contributed by atoms with Crippen molar-refractivity contribution in [1.29, 1.82) is 0 Å². The molecule has 1 atom stereocenters. The molecule has 106 valence electrons. The molecule has 20 heavy (non-hydrogen) atoms. The summed E-state index contributed by atoms with van der Waals surface area (Å²) in [4.78, 5) is 14.8. The molecule has 1 aliphatic rings. The lowest BCUT2D eigenvalue weighted by Crippen LogP contribution is -2.42. The minimum absolute atomic E-state index is 0.122. The van der Waals surface area contributed by atoms with Crippen molar-refractivity contribution in [2.75, 3.05) is 19.6 Å². The second-order valence-corrected chi connectivity index (χ2v) is 5.32. The molecule has 3 rings (SSSR count). The molecule has 0 bridgehead atoms. The van der Waals surface area contributed by atoms with Crippen molar-refractivity contribution in [3.63, 3.8) is 0 Å². The largest absolute Gasteiger partial charge is 0.334 e. The highest BCUT2D eigenvalue weighted by molar-refractivity contribution is 5.97. The van der Waals surface area contributed by atoms with Gasteiger partial charge in [0, 0.05) is 30.1 Å². The molecule has 2 heterocycles. The Kier molecular flexibility index (Phi) is 3.69. The number of aromatic amines is 1. The van der Waals surface area contributed by atoms with Gasteiger partial charge in [0.1, 0.15) is 0 Å². The smallest absolute Gasteiger partial charge is 0.254 e. The lowest BCUT2D eigenvalue weighted by Gasteiger charge is -2.28. The fourth-order valence-corrected chi connectivity index (χ4v) is 2.83. The number of H-pyrrole nitrogens is 1.